The number of rotatable bonds is 1. The Morgan fingerprint density at radius 1 is 1.12 bits per heavy atom. The number of nitrogens with zero attached hydrogens (tertiary/aromatic N) is 2. The second-order valence-corrected chi connectivity index (χ2v) is 5.17. The molecular formula is C13H23N2O+. The van der Waals surface area contributed by atoms with Gasteiger partial charge in [-0.2, -0.15) is 0 Å². The first-order valence-electron chi connectivity index (χ1n) is 6.70. The monoisotopic (exact) mass is 223 g/mol. The van der Waals surface area contributed by atoms with E-state index < -0.39 is 0 Å². The highest BCUT2D eigenvalue weighted by Crippen LogP contribution is 2.23. The van der Waals surface area contributed by atoms with Gasteiger partial charge in [-0.05, 0) is 25.7 Å². The summed E-state index contributed by atoms with van der Waals surface area (Å²) in [5.74, 6) is 1.01. The Kier molecular flexibility index (Phi) is 4.47. The van der Waals surface area contributed by atoms with Gasteiger partial charge in [-0.3, -0.25) is 0 Å². The highest BCUT2D eigenvalue weighted by atomic mass is 16.3. The zero-order valence-electron chi connectivity index (χ0n) is 10.1. The fraction of sp³-hybridized carbons (Fsp3) is 0.923. The summed E-state index contributed by atoms with van der Waals surface area (Å²) in [4.78, 5) is 4.48. The Hall–Kier alpha value is -0.750. The van der Waals surface area contributed by atoms with Gasteiger partial charge in [0.2, 0.25) is 0 Å². The molecule has 1 N–H and O–H groups in total. The van der Waals surface area contributed by atoms with Crippen molar-refractivity contribution in [2.45, 2.75) is 44.9 Å². The molecule has 1 saturated heterocycles. The van der Waals surface area contributed by atoms with E-state index in [2.05, 4.69) is 16.0 Å². The number of aliphatic hydroxyl groups excluding tert-OH is 1. The summed E-state index contributed by atoms with van der Waals surface area (Å²) < 4.78 is 0. The van der Waals surface area contributed by atoms with Crippen molar-refractivity contribution in [3.05, 3.63) is 4.95 Å². The first kappa shape index (κ1) is 11.7. The van der Waals surface area contributed by atoms with E-state index >= 15 is 0 Å². The molecule has 1 saturated carbocycles. The molecule has 0 bridgehead atoms. The van der Waals surface area contributed by atoms with Crippen LogP contribution in [0.4, 0.5) is 0 Å². The normalized spacial score (nSPS) is 27.3. The van der Waals surface area contributed by atoms with Crippen molar-refractivity contribution in [1.29, 1.82) is 0 Å². The largest absolute Gasteiger partial charge is 0.396 e. The molecule has 0 amide bonds. The maximum absolute atomic E-state index is 9.14. The lowest BCUT2D eigenvalue weighted by Crippen LogP contribution is -2.32. The van der Waals surface area contributed by atoms with Crippen LogP contribution >= 0.6 is 0 Å². The van der Waals surface area contributed by atoms with Crippen molar-refractivity contribution in [2.75, 3.05) is 19.7 Å². The van der Waals surface area contributed by atoms with Crippen LogP contribution < -0.4 is 0 Å². The maximum Gasteiger partial charge on any atom is 0.322 e. The van der Waals surface area contributed by atoms with Crippen molar-refractivity contribution in [3.8, 4) is 6.07 Å². The molecule has 2 rings (SSSR count). The molecule has 1 atom stereocenters. The molecule has 1 aliphatic carbocycles. The molecule has 3 heteroatoms. The minimum absolute atomic E-state index is 0.301. The van der Waals surface area contributed by atoms with Crippen LogP contribution in [-0.4, -0.2) is 29.8 Å². The molecular weight excluding hydrogens is 200 g/mol. The molecule has 0 radical (unpaired) electrons. The Labute approximate surface area is 98.2 Å². The van der Waals surface area contributed by atoms with E-state index in [0.29, 0.717) is 18.4 Å². The van der Waals surface area contributed by atoms with Crippen LogP contribution in [0.3, 0.4) is 0 Å². The summed E-state index contributed by atoms with van der Waals surface area (Å²) in [7, 11) is 0. The third-order valence-corrected chi connectivity index (χ3v) is 3.74. The molecule has 1 aliphatic heterocycles. The van der Waals surface area contributed by atoms with Crippen molar-refractivity contribution < 1.29 is 5.11 Å². The van der Waals surface area contributed by atoms with Gasteiger partial charge in [0.15, 0.2) is 0 Å². The van der Waals surface area contributed by atoms with Gasteiger partial charge in [-0.15, -0.1) is 0 Å². The lowest BCUT2D eigenvalue weighted by Gasteiger charge is -2.20. The third-order valence-electron chi connectivity index (χ3n) is 3.74. The molecule has 2 aliphatic rings. The Bertz CT molecular complexity index is 263. The molecule has 0 aromatic rings. The Balaban J connectivity index is 1.81. The predicted octanol–water partition coefficient (Wildman–Crippen LogP) is 2.52. The number of hydrogen-bond acceptors (Lipinski definition) is 2. The summed E-state index contributed by atoms with van der Waals surface area (Å²) >= 11 is 0. The van der Waals surface area contributed by atoms with E-state index in [1.165, 1.54) is 32.1 Å². The van der Waals surface area contributed by atoms with Gasteiger partial charge in [0.05, 0.1) is 24.0 Å². The van der Waals surface area contributed by atoms with Crippen molar-refractivity contribution in [1.82, 2.24) is 5.01 Å². The van der Waals surface area contributed by atoms with Crippen LogP contribution in [-0.2, 0) is 0 Å². The fourth-order valence-corrected chi connectivity index (χ4v) is 2.68. The summed E-state index contributed by atoms with van der Waals surface area (Å²) in [5.41, 5.74) is 0. The number of aliphatic hydroxyl groups is 1. The van der Waals surface area contributed by atoms with E-state index in [-0.39, 0.29) is 0 Å². The second kappa shape index (κ2) is 6.10. The lowest BCUT2D eigenvalue weighted by atomic mass is 9.91. The van der Waals surface area contributed by atoms with E-state index in [9.17, 15) is 0 Å². The van der Waals surface area contributed by atoms with Crippen molar-refractivity contribution >= 4 is 0 Å². The van der Waals surface area contributed by atoms with Gasteiger partial charge in [0, 0.05) is 12.5 Å². The maximum atomic E-state index is 9.14. The SMILES string of the molecule is OCC1CCCN([N+]#CC2CCCCC2)C1. The number of piperidine rings is 1. The summed E-state index contributed by atoms with van der Waals surface area (Å²) in [5, 5.41) is 11.2. The molecule has 90 valence electrons. The van der Waals surface area contributed by atoms with Crippen LogP contribution in [0.1, 0.15) is 44.9 Å². The van der Waals surface area contributed by atoms with Crippen LogP contribution in [0.25, 0.3) is 4.95 Å². The van der Waals surface area contributed by atoms with Crippen LogP contribution in [0.2, 0.25) is 0 Å². The van der Waals surface area contributed by atoms with Crippen LogP contribution in [0, 0.1) is 17.9 Å². The smallest absolute Gasteiger partial charge is 0.322 e. The zero-order valence-corrected chi connectivity index (χ0v) is 10.1. The summed E-state index contributed by atoms with van der Waals surface area (Å²) in [6.45, 7) is 2.25. The van der Waals surface area contributed by atoms with Gasteiger partial charge >= 0.3 is 6.07 Å². The van der Waals surface area contributed by atoms with Crippen molar-refractivity contribution in [2.24, 2.45) is 11.8 Å². The topological polar surface area (TPSA) is 27.8 Å². The number of hydrogen-bond donors (Lipinski definition) is 1. The summed E-state index contributed by atoms with van der Waals surface area (Å²) in [6.07, 6.45) is 8.89. The van der Waals surface area contributed by atoms with Crippen molar-refractivity contribution in [3.63, 3.8) is 0 Å². The van der Waals surface area contributed by atoms with Crippen LogP contribution in [0.5, 0.6) is 0 Å². The molecule has 3 nitrogen and oxygen atoms in total. The van der Waals surface area contributed by atoms with E-state index in [1.807, 2.05) is 0 Å². The second-order valence-electron chi connectivity index (χ2n) is 5.17. The lowest BCUT2D eigenvalue weighted by molar-refractivity contribution is 0.148. The molecule has 1 heterocycles. The minimum atomic E-state index is 0.301. The molecule has 2 fully saturated rings. The average Bonchev–Trinajstić information content (AvgIpc) is 2.38. The molecule has 1 unspecified atom stereocenters. The highest BCUT2D eigenvalue weighted by Gasteiger charge is 2.24. The van der Waals surface area contributed by atoms with E-state index in [4.69, 9.17) is 5.11 Å². The standard InChI is InChI=1S/C13H23N2O/c16-11-13-7-4-8-15(10-13)14-9-12-5-2-1-3-6-12/h12-13,16H,1-8,10-11H2/q+1. The third kappa shape index (κ3) is 3.38. The van der Waals surface area contributed by atoms with Gasteiger partial charge in [-0.25, -0.2) is 0 Å². The van der Waals surface area contributed by atoms with Gasteiger partial charge in [0.1, 0.15) is 0 Å². The highest BCUT2D eigenvalue weighted by molar-refractivity contribution is 4.94. The molecule has 0 aromatic heterocycles. The van der Waals surface area contributed by atoms with Gasteiger partial charge in [-0.1, -0.05) is 24.3 Å². The Morgan fingerprint density at radius 3 is 2.69 bits per heavy atom. The molecule has 0 aromatic carbocycles. The fourth-order valence-electron chi connectivity index (χ4n) is 2.68. The van der Waals surface area contributed by atoms with E-state index in [1.54, 1.807) is 0 Å². The summed E-state index contributed by atoms with van der Waals surface area (Å²) in [6, 6.07) is 3.31. The molecule has 0 spiro atoms. The average molecular weight is 223 g/mol. The van der Waals surface area contributed by atoms with Gasteiger partial charge in [0.25, 0.3) is 0 Å². The predicted molar refractivity (Wildman–Crippen MR) is 65.2 cm³/mol. The van der Waals surface area contributed by atoms with Crippen LogP contribution in [0.15, 0.2) is 0 Å². The zero-order chi connectivity index (χ0) is 11.2. The quantitative estimate of drug-likeness (QED) is 0.739. The van der Waals surface area contributed by atoms with Gasteiger partial charge < -0.3 is 5.11 Å². The first-order valence-corrected chi connectivity index (χ1v) is 6.70. The van der Waals surface area contributed by atoms with E-state index in [0.717, 1.165) is 25.9 Å². The minimum Gasteiger partial charge on any atom is -0.396 e. The molecule has 16 heavy (non-hydrogen) atoms. The Morgan fingerprint density at radius 2 is 1.94 bits per heavy atom. The first-order chi connectivity index (χ1) is 7.88.